The zero-order chi connectivity index (χ0) is 11.7. The van der Waals surface area contributed by atoms with Crippen LogP contribution in [0.15, 0.2) is 35.7 Å². The van der Waals surface area contributed by atoms with Gasteiger partial charge in [-0.3, -0.25) is 4.68 Å². The van der Waals surface area contributed by atoms with E-state index in [1.54, 1.807) is 11.3 Å². The second-order valence-electron chi connectivity index (χ2n) is 4.27. The van der Waals surface area contributed by atoms with E-state index in [2.05, 4.69) is 46.1 Å². The number of anilines is 1. The number of aromatic nitrogens is 2. The predicted molar refractivity (Wildman–Crippen MR) is 72.3 cm³/mol. The molecule has 0 saturated heterocycles. The van der Waals surface area contributed by atoms with Gasteiger partial charge in [0, 0.05) is 19.2 Å². The Labute approximate surface area is 105 Å². The molecule has 4 heteroatoms. The highest BCUT2D eigenvalue weighted by Gasteiger charge is 2.13. The molecule has 3 nitrogen and oxygen atoms in total. The van der Waals surface area contributed by atoms with E-state index in [9.17, 15) is 0 Å². The molecular formula is C13H15N3S. The van der Waals surface area contributed by atoms with Crippen LogP contribution in [-0.4, -0.2) is 15.8 Å². The SMILES string of the molecule is Cn1nc(-c2cccs2)cc1NC1C=CCC1. The molecule has 0 aliphatic heterocycles. The fourth-order valence-corrected chi connectivity index (χ4v) is 2.77. The van der Waals surface area contributed by atoms with Crippen molar-refractivity contribution in [2.45, 2.75) is 18.9 Å². The summed E-state index contributed by atoms with van der Waals surface area (Å²) in [5.74, 6) is 1.09. The maximum Gasteiger partial charge on any atom is 0.125 e. The summed E-state index contributed by atoms with van der Waals surface area (Å²) in [6.07, 6.45) is 6.82. The van der Waals surface area contributed by atoms with Crippen molar-refractivity contribution < 1.29 is 0 Å². The molecule has 2 heterocycles. The van der Waals surface area contributed by atoms with E-state index in [0.717, 1.165) is 11.5 Å². The molecule has 1 atom stereocenters. The van der Waals surface area contributed by atoms with E-state index in [1.807, 2.05) is 11.7 Å². The molecule has 0 fully saturated rings. The zero-order valence-electron chi connectivity index (χ0n) is 9.76. The highest BCUT2D eigenvalue weighted by molar-refractivity contribution is 7.13. The minimum atomic E-state index is 0.460. The van der Waals surface area contributed by atoms with Gasteiger partial charge in [0.25, 0.3) is 0 Å². The topological polar surface area (TPSA) is 29.9 Å². The molecule has 3 rings (SSSR count). The Balaban J connectivity index is 1.83. The Morgan fingerprint density at radius 2 is 2.47 bits per heavy atom. The van der Waals surface area contributed by atoms with Crippen LogP contribution < -0.4 is 5.32 Å². The number of hydrogen-bond donors (Lipinski definition) is 1. The van der Waals surface area contributed by atoms with Crippen LogP contribution in [0, 0.1) is 0 Å². The minimum Gasteiger partial charge on any atom is -0.364 e. The highest BCUT2D eigenvalue weighted by Crippen LogP contribution is 2.26. The molecule has 0 amide bonds. The minimum absolute atomic E-state index is 0.460. The van der Waals surface area contributed by atoms with Crippen molar-refractivity contribution in [2.24, 2.45) is 7.05 Å². The van der Waals surface area contributed by atoms with Crippen molar-refractivity contribution in [3.63, 3.8) is 0 Å². The van der Waals surface area contributed by atoms with Crippen LogP contribution in [-0.2, 0) is 7.05 Å². The van der Waals surface area contributed by atoms with Crippen LogP contribution in [0.5, 0.6) is 0 Å². The van der Waals surface area contributed by atoms with Crippen LogP contribution in [0.4, 0.5) is 5.82 Å². The molecule has 1 N–H and O–H groups in total. The summed E-state index contributed by atoms with van der Waals surface area (Å²) >= 11 is 1.72. The van der Waals surface area contributed by atoms with Crippen molar-refractivity contribution in [3.8, 4) is 10.6 Å². The first kappa shape index (κ1) is 10.6. The molecule has 0 aromatic carbocycles. The summed E-state index contributed by atoms with van der Waals surface area (Å²) < 4.78 is 1.92. The summed E-state index contributed by atoms with van der Waals surface area (Å²) in [6.45, 7) is 0. The third kappa shape index (κ3) is 2.13. The number of aryl methyl sites for hydroxylation is 1. The molecule has 0 bridgehead atoms. The van der Waals surface area contributed by atoms with Crippen molar-refractivity contribution in [1.29, 1.82) is 0 Å². The summed E-state index contributed by atoms with van der Waals surface area (Å²) in [7, 11) is 1.98. The third-order valence-electron chi connectivity index (χ3n) is 3.00. The van der Waals surface area contributed by atoms with Crippen molar-refractivity contribution in [2.75, 3.05) is 5.32 Å². The van der Waals surface area contributed by atoms with Gasteiger partial charge in [0.05, 0.1) is 4.88 Å². The summed E-state index contributed by atoms with van der Waals surface area (Å²) in [6, 6.07) is 6.74. The lowest BCUT2D eigenvalue weighted by molar-refractivity contribution is 0.747. The molecule has 0 radical (unpaired) electrons. The quantitative estimate of drug-likeness (QED) is 0.841. The second-order valence-corrected chi connectivity index (χ2v) is 5.22. The van der Waals surface area contributed by atoms with Gasteiger partial charge in [-0.2, -0.15) is 5.10 Å². The first-order valence-electron chi connectivity index (χ1n) is 5.84. The summed E-state index contributed by atoms with van der Waals surface area (Å²) in [4.78, 5) is 1.22. The van der Waals surface area contributed by atoms with Crippen molar-refractivity contribution in [3.05, 3.63) is 35.7 Å². The van der Waals surface area contributed by atoms with Crippen molar-refractivity contribution in [1.82, 2.24) is 9.78 Å². The largest absolute Gasteiger partial charge is 0.364 e. The molecule has 2 aromatic heterocycles. The van der Waals surface area contributed by atoms with Crippen LogP contribution >= 0.6 is 11.3 Å². The fourth-order valence-electron chi connectivity index (χ4n) is 2.09. The smallest absolute Gasteiger partial charge is 0.125 e. The molecule has 1 unspecified atom stereocenters. The average Bonchev–Trinajstić information content (AvgIpc) is 3.02. The van der Waals surface area contributed by atoms with Gasteiger partial charge in [0.2, 0.25) is 0 Å². The first-order chi connectivity index (χ1) is 8.33. The van der Waals surface area contributed by atoms with Gasteiger partial charge in [-0.15, -0.1) is 11.3 Å². The van der Waals surface area contributed by atoms with Gasteiger partial charge in [-0.25, -0.2) is 0 Å². The number of nitrogens with zero attached hydrogens (tertiary/aromatic N) is 2. The predicted octanol–water partition coefficient (Wildman–Crippen LogP) is 3.28. The Bertz CT molecular complexity index is 525. The highest BCUT2D eigenvalue weighted by atomic mass is 32.1. The standard InChI is InChI=1S/C13H15N3S/c1-16-13(14-10-5-2-3-6-10)9-11(15-16)12-7-4-8-17-12/h2,4-5,7-10,14H,3,6H2,1H3. The maximum atomic E-state index is 4.54. The van der Waals surface area contributed by atoms with Crippen LogP contribution in [0.3, 0.4) is 0 Å². The van der Waals surface area contributed by atoms with Crippen molar-refractivity contribution >= 4 is 17.2 Å². The molecule has 0 saturated carbocycles. The Morgan fingerprint density at radius 1 is 1.53 bits per heavy atom. The third-order valence-corrected chi connectivity index (χ3v) is 3.89. The average molecular weight is 245 g/mol. The van der Waals surface area contributed by atoms with E-state index >= 15 is 0 Å². The Morgan fingerprint density at radius 3 is 3.18 bits per heavy atom. The number of allylic oxidation sites excluding steroid dienone is 1. The fraction of sp³-hybridized carbons (Fsp3) is 0.308. The molecule has 1 aliphatic carbocycles. The van der Waals surface area contributed by atoms with E-state index in [0.29, 0.717) is 6.04 Å². The Kier molecular flexibility index (Phi) is 2.73. The normalized spacial score (nSPS) is 18.8. The van der Waals surface area contributed by atoms with Gasteiger partial charge in [0.15, 0.2) is 0 Å². The second kappa shape index (κ2) is 4.37. The molecule has 0 spiro atoms. The lowest BCUT2D eigenvalue weighted by Gasteiger charge is -2.11. The van der Waals surface area contributed by atoms with Gasteiger partial charge >= 0.3 is 0 Å². The van der Waals surface area contributed by atoms with Gasteiger partial charge in [-0.05, 0) is 24.3 Å². The van der Waals surface area contributed by atoms with E-state index in [4.69, 9.17) is 0 Å². The summed E-state index contributed by atoms with van der Waals surface area (Å²) in [5, 5.41) is 10.1. The lowest BCUT2D eigenvalue weighted by Crippen LogP contribution is -2.15. The van der Waals surface area contributed by atoms with Crippen LogP contribution in [0.25, 0.3) is 10.6 Å². The van der Waals surface area contributed by atoms with Gasteiger partial charge in [0.1, 0.15) is 11.5 Å². The van der Waals surface area contributed by atoms with Crippen LogP contribution in [0.2, 0.25) is 0 Å². The zero-order valence-corrected chi connectivity index (χ0v) is 10.6. The maximum absolute atomic E-state index is 4.54. The first-order valence-corrected chi connectivity index (χ1v) is 6.72. The monoisotopic (exact) mass is 245 g/mol. The van der Waals surface area contributed by atoms with E-state index in [1.165, 1.54) is 17.7 Å². The molecule has 2 aromatic rings. The van der Waals surface area contributed by atoms with Gasteiger partial charge in [-0.1, -0.05) is 18.2 Å². The lowest BCUT2D eigenvalue weighted by atomic mass is 10.2. The molecule has 88 valence electrons. The number of rotatable bonds is 3. The molecule has 1 aliphatic rings. The van der Waals surface area contributed by atoms with Gasteiger partial charge < -0.3 is 5.32 Å². The molecular weight excluding hydrogens is 230 g/mol. The van der Waals surface area contributed by atoms with E-state index < -0.39 is 0 Å². The van der Waals surface area contributed by atoms with Crippen LogP contribution in [0.1, 0.15) is 12.8 Å². The number of thiophene rings is 1. The molecule has 17 heavy (non-hydrogen) atoms. The Hall–Kier alpha value is -1.55. The number of hydrogen-bond acceptors (Lipinski definition) is 3. The summed E-state index contributed by atoms with van der Waals surface area (Å²) in [5.41, 5.74) is 1.05. The van der Waals surface area contributed by atoms with E-state index in [-0.39, 0.29) is 0 Å². The number of nitrogens with one attached hydrogen (secondary N) is 1.